The van der Waals surface area contributed by atoms with Crippen molar-refractivity contribution < 1.29 is 0 Å². The van der Waals surface area contributed by atoms with Crippen molar-refractivity contribution in [2.75, 3.05) is 9.80 Å². The van der Waals surface area contributed by atoms with Gasteiger partial charge in [0.15, 0.2) is 0 Å². The molecule has 4 aliphatic rings. The Morgan fingerprint density at radius 3 is 1.18 bits per heavy atom. The Kier molecular flexibility index (Phi) is 14.7. The molecule has 94 heavy (non-hydrogen) atoms. The van der Waals surface area contributed by atoms with Crippen LogP contribution >= 0.6 is 20.1 Å². The fraction of sp³-hybridized carbons (Fsp3) is 0.0444. The van der Waals surface area contributed by atoms with E-state index >= 15 is 0 Å². The molecule has 17 rings (SSSR count). The van der Waals surface area contributed by atoms with E-state index in [4.69, 9.17) is 0 Å². The molecular weight excluding hydrogens is 1170 g/mol. The van der Waals surface area contributed by atoms with Gasteiger partial charge < -0.3 is 9.80 Å². The molecule has 1 unspecified atom stereocenters. The van der Waals surface area contributed by atoms with Gasteiger partial charge in [0.25, 0.3) is 0 Å². The third-order valence-corrected chi connectivity index (χ3v) is 27.6. The minimum atomic E-state index is -1.78. The molecule has 0 bridgehead atoms. The van der Waals surface area contributed by atoms with Gasteiger partial charge in [-0.1, -0.05) is 261 Å². The van der Waals surface area contributed by atoms with Crippen molar-refractivity contribution >= 4 is 100 Å². The van der Waals surface area contributed by atoms with Gasteiger partial charge in [-0.2, -0.15) is 0 Å². The molecule has 0 N–H and O–H groups in total. The van der Waals surface area contributed by atoms with Crippen molar-refractivity contribution in [1.82, 2.24) is 0 Å². The first-order chi connectivity index (χ1) is 46.6. The molecule has 2 heterocycles. The number of fused-ring (bicyclic) bond motifs is 7. The first kappa shape index (κ1) is 57.1. The minimum absolute atomic E-state index is 0.325. The summed E-state index contributed by atoms with van der Waals surface area (Å²) < 4.78 is 0. The minimum Gasteiger partial charge on any atom is -0.308 e. The molecule has 0 spiro atoms. The van der Waals surface area contributed by atoms with E-state index in [2.05, 4.69) is 380 Å². The van der Waals surface area contributed by atoms with Crippen molar-refractivity contribution in [2.24, 2.45) is 0 Å². The molecule has 13 aromatic carbocycles. The van der Waals surface area contributed by atoms with E-state index in [9.17, 15) is 0 Å². The summed E-state index contributed by atoms with van der Waals surface area (Å²) in [5.74, 6) is 0. The Balaban J connectivity index is 0.724. The average molecular weight is 1240 g/mol. The van der Waals surface area contributed by atoms with E-state index in [-0.39, 0.29) is 0 Å². The van der Waals surface area contributed by atoms with E-state index in [1.165, 1.54) is 101 Å². The van der Waals surface area contributed by atoms with E-state index in [1.807, 2.05) is 0 Å². The number of para-hydroxylation sites is 4. The molecule has 1 atom stereocenters. The molecule has 4 heteroatoms. The standard InChI is InChI=1S/C90H68N2S2/c1-7-27-69(28-8-1)89-77-61-55-67(49-47-65-51-57-71(58-52-65)91-81-39-19-23-43-85(81)93(73-31-11-3-12-32-73,74-33-13-4-14-34-74)86-44-24-20-40-82(86)91)63-79(77)80-64-68(56-62-78(80)90(89)70-29-9-2-10-30-70)50-48-66-53-59-72(60-54-66)92-83-41-21-25-45-87(83)94(75-35-15-5-16-36-75,76-37-17-6-18-38-76)88-46-26-22-42-84(88)92/h1-5,7-17,19-33,35-64,74H,6,18,34H2/b49-47+,50-48+. The van der Waals surface area contributed by atoms with Gasteiger partial charge in [0.05, 0.1) is 22.7 Å². The Labute approximate surface area is 555 Å². The molecule has 0 saturated heterocycles. The summed E-state index contributed by atoms with van der Waals surface area (Å²) in [6.07, 6.45) is 28.8. The van der Waals surface area contributed by atoms with Gasteiger partial charge in [-0.25, -0.2) is 0 Å². The third-order valence-electron chi connectivity index (χ3n) is 19.2. The summed E-state index contributed by atoms with van der Waals surface area (Å²) in [5.41, 5.74) is 16.7. The molecule has 0 amide bonds. The fourth-order valence-electron chi connectivity index (χ4n) is 15.1. The lowest BCUT2D eigenvalue weighted by atomic mass is 9.84. The van der Waals surface area contributed by atoms with Crippen LogP contribution in [-0.4, -0.2) is 5.25 Å². The number of rotatable bonds is 12. The SMILES string of the molecule is C1=CCC(S2(c3ccccc3)c3ccccc3N(c3ccc(/C=C/c4ccc5c(-c6ccccc6)c(-c6ccccc6)c6ccc(/C=C/c7ccc(N8c9ccccc9S(C9=CCCC=C9)(c9ccccc9)c9ccccc98)cc7)cc6c5c4)cc3)c3ccccc32)C=C1. The van der Waals surface area contributed by atoms with Gasteiger partial charge in [0, 0.05) is 41.1 Å². The van der Waals surface area contributed by atoms with Crippen LogP contribution in [0, 0.1) is 0 Å². The van der Waals surface area contributed by atoms with Gasteiger partial charge >= 0.3 is 0 Å². The predicted molar refractivity (Wildman–Crippen MR) is 403 cm³/mol. The van der Waals surface area contributed by atoms with Crippen molar-refractivity contribution in [3.63, 3.8) is 0 Å². The van der Waals surface area contributed by atoms with Crippen molar-refractivity contribution in [3.05, 3.63) is 373 Å². The van der Waals surface area contributed by atoms with E-state index in [0.29, 0.717) is 5.25 Å². The average Bonchev–Trinajstić information content (AvgIpc) is 0.707. The van der Waals surface area contributed by atoms with Crippen molar-refractivity contribution in [3.8, 4) is 22.3 Å². The van der Waals surface area contributed by atoms with Crippen LogP contribution in [0.5, 0.6) is 0 Å². The van der Waals surface area contributed by atoms with Crippen LogP contribution in [0.2, 0.25) is 0 Å². The first-order valence-corrected chi connectivity index (χ1v) is 36.1. The van der Waals surface area contributed by atoms with Gasteiger partial charge in [0.1, 0.15) is 0 Å². The number of benzene rings is 13. The second kappa shape index (κ2) is 24.3. The maximum absolute atomic E-state index is 2.50. The van der Waals surface area contributed by atoms with Gasteiger partial charge in [-0.05, 0) is 204 Å². The quantitative estimate of drug-likeness (QED) is 0.0889. The summed E-state index contributed by atoms with van der Waals surface area (Å²) in [6, 6.07) is 113. The predicted octanol–water partition coefficient (Wildman–Crippen LogP) is 25.9. The first-order valence-electron chi connectivity index (χ1n) is 32.8. The highest BCUT2D eigenvalue weighted by Gasteiger charge is 2.46. The van der Waals surface area contributed by atoms with E-state index in [1.54, 1.807) is 0 Å². The number of hydrogen-bond acceptors (Lipinski definition) is 2. The lowest BCUT2D eigenvalue weighted by Crippen LogP contribution is -2.27. The van der Waals surface area contributed by atoms with Crippen LogP contribution in [0.1, 0.15) is 41.5 Å². The zero-order valence-corrected chi connectivity index (χ0v) is 53.8. The Bertz CT molecular complexity index is 5120. The summed E-state index contributed by atoms with van der Waals surface area (Å²) in [5, 5.41) is 5.21. The lowest BCUT2D eigenvalue weighted by Gasteiger charge is -2.53. The zero-order chi connectivity index (χ0) is 62.4. The van der Waals surface area contributed by atoms with Crippen LogP contribution < -0.4 is 9.80 Å². The van der Waals surface area contributed by atoms with Crippen molar-refractivity contribution in [1.29, 1.82) is 0 Å². The third kappa shape index (κ3) is 9.58. The van der Waals surface area contributed by atoms with Gasteiger partial charge in [0.2, 0.25) is 0 Å². The summed E-state index contributed by atoms with van der Waals surface area (Å²) in [6.45, 7) is 0. The van der Waals surface area contributed by atoms with E-state index in [0.717, 1.165) is 52.9 Å². The Morgan fingerprint density at radius 2 is 0.734 bits per heavy atom. The number of hydrogen-bond donors (Lipinski definition) is 0. The van der Waals surface area contributed by atoms with Gasteiger partial charge in [-0.15, -0.1) is 20.1 Å². The highest BCUT2D eigenvalue weighted by molar-refractivity contribution is 8.37. The topological polar surface area (TPSA) is 6.48 Å². The van der Waals surface area contributed by atoms with Crippen LogP contribution in [0.3, 0.4) is 0 Å². The van der Waals surface area contributed by atoms with Crippen LogP contribution in [0.25, 0.3) is 68.1 Å². The summed E-state index contributed by atoms with van der Waals surface area (Å²) in [7, 11) is -3.48. The maximum atomic E-state index is 2.50. The molecule has 0 aromatic heterocycles. The molecule has 13 aromatic rings. The summed E-state index contributed by atoms with van der Waals surface area (Å²) >= 11 is 0. The van der Waals surface area contributed by atoms with Crippen LogP contribution in [-0.2, 0) is 0 Å². The van der Waals surface area contributed by atoms with Gasteiger partial charge in [-0.3, -0.25) is 0 Å². The molecule has 2 aliphatic carbocycles. The molecule has 0 radical (unpaired) electrons. The monoisotopic (exact) mass is 1240 g/mol. The lowest BCUT2D eigenvalue weighted by molar-refractivity contribution is 1.000. The molecule has 0 fully saturated rings. The van der Waals surface area contributed by atoms with Crippen molar-refractivity contribution in [2.45, 2.75) is 53.9 Å². The molecule has 2 aliphatic heterocycles. The normalized spacial score (nSPS) is 16.5. The number of nitrogens with zero attached hydrogens (tertiary/aromatic N) is 2. The maximum Gasteiger partial charge on any atom is 0.0592 e. The number of anilines is 6. The molecule has 450 valence electrons. The largest absolute Gasteiger partial charge is 0.308 e. The Morgan fingerprint density at radius 1 is 0.330 bits per heavy atom. The number of allylic oxidation sites excluding steroid dienone is 6. The highest BCUT2D eigenvalue weighted by atomic mass is 32.3. The Hall–Kier alpha value is -10.9. The second-order valence-electron chi connectivity index (χ2n) is 24.6. The van der Waals surface area contributed by atoms with E-state index < -0.39 is 20.1 Å². The zero-order valence-electron chi connectivity index (χ0n) is 52.1. The smallest absolute Gasteiger partial charge is 0.0592 e. The van der Waals surface area contributed by atoms with Crippen LogP contribution in [0.4, 0.5) is 34.1 Å². The summed E-state index contributed by atoms with van der Waals surface area (Å²) in [4.78, 5) is 14.7. The molecular formula is C90H68N2S2. The molecule has 2 nitrogen and oxygen atoms in total. The van der Waals surface area contributed by atoms with Crippen LogP contribution in [0.15, 0.2) is 380 Å². The highest BCUT2D eigenvalue weighted by Crippen LogP contribution is 2.81. The molecule has 0 saturated carbocycles. The fourth-order valence-corrected chi connectivity index (χ4v) is 24.0. The second-order valence-corrected chi connectivity index (χ2v) is 30.9.